The van der Waals surface area contributed by atoms with Crippen LogP contribution >= 0.6 is 0 Å². The maximum absolute atomic E-state index is 13.1. The fourth-order valence-electron chi connectivity index (χ4n) is 2.58. The number of halogens is 1. The van der Waals surface area contributed by atoms with E-state index in [4.69, 9.17) is 5.73 Å². The summed E-state index contributed by atoms with van der Waals surface area (Å²) in [5.41, 5.74) is 5.95. The second kappa shape index (κ2) is 6.19. The number of anilines is 2. The van der Waals surface area contributed by atoms with Gasteiger partial charge in [-0.1, -0.05) is 0 Å². The van der Waals surface area contributed by atoms with Crippen molar-refractivity contribution in [3.8, 4) is 0 Å². The molecule has 2 unspecified atom stereocenters. The van der Waals surface area contributed by atoms with E-state index in [2.05, 4.69) is 5.32 Å². The van der Waals surface area contributed by atoms with Gasteiger partial charge in [-0.05, 0) is 44.5 Å². The fourth-order valence-corrected chi connectivity index (χ4v) is 2.58. The third kappa shape index (κ3) is 3.08. The molecule has 0 aromatic heterocycles. The Morgan fingerprint density at radius 1 is 1.65 bits per heavy atom. The van der Waals surface area contributed by atoms with Crippen molar-refractivity contribution >= 4 is 17.3 Å². The predicted octanol–water partition coefficient (Wildman–Crippen LogP) is 1.19. The summed E-state index contributed by atoms with van der Waals surface area (Å²) >= 11 is 0. The molecular formula is C14H20FN3O2. The Morgan fingerprint density at radius 3 is 3.05 bits per heavy atom. The molecule has 1 amide bonds. The van der Waals surface area contributed by atoms with Gasteiger partial charge in [0, 0.05) is 11.7 Å². The summed E-state index contributed by atoms with van der Waals surface area (Å²) in [5.74, 6) is -0.688. The number of amides is 1. The molecule has 1 aromatic carbocycles. The molecule has 0 spiro atoms. The number of nitrogens with one attached hydrogen (secondary N) is 1. The van der Waals surface area contributed by atoms with Crippen LogP contribution in [0.15, 0.2) is 18.2 Å². The Bertz CT molecular complexity index is 495. The summed E-state index contributed by atoms with van der Waals surface area (Å²) in [6.07, 6.45) is 1.88. The van der Waals surface area contributed by atoms with Crippen LogP contribution in [0.1, 0.15) is 19.8 Å². The van der Waals surface area contributed by atoms with E-state index in [0.717, 1.165) is 19.4 Å². The van der Waals surface area contributed by atoms with E-state index in [1.54, 1.807) is 6.92 Å². The van der Waals surface area contributed by atoms with Crippen molar-refractivity contribution in [3.05, 3.63) is 24.0 Å². The van der Waals surface area contributed by atoms with Gasteiger partial charge in [0.25, 0.3) is 0 Å². The Labute approximate surface area is 117 Å². The lowest BCUT2D eigenvalue weighted by molar-refractivity contribution is -0.121. The molecule has 0 aliphatic carbocycles. The monoisotopic (exact) mass is 281 g/mol. The molecule has 1 aliphatic heterocycles. The highest BCUT2D eigenvalue weighted by Gasteiger charge is 2.31. The summed E-state index contributed by atoms with van der Waals surface area (Å²) in [5, 5.41) is 12.0. The van der Waals surface area contributed by atoms with Crippen LogP contribution in [0.5, 0.6) is 0 Å². The van der Waals surface area contributed by atoms with Gasteiger partial charge in [-0.15, -0.1) is 0 Å². The van der Waals surface area contributed by atoms with E-state index >= 15 is 0 Å². The normalized spacial score (nSPS) is 20.9. The topological polar surface area (TPSA) is 78.6 Å². The Balaban J connectivity index is 2.02. The van der Waals surface area contributed by atoms with Crippen LogP contribution in [0.4, 0.5) is 15.8 Å². The summed E-state index contributed by atoms with van der Waals surface area (Å²) in [6.45, 7) is 2.66. The van der Waals surface area contributed by atoms with Crippen molar-refractivity contribution in [1.29, 1.82) is 0 Å². The number of nitrogens with zero attached hydrogens (tertiary/aromatic N) is 1. The predicted molar refractivity (Wildman–Crippen MR) is 75.7 cm³/mol. The van der Waals surface area contributed by atoms with Crippen LogP contribution in [0.25, 0.3) is 0 Å². The highest BCUT2D eigenvalue weighted by Crippen LogP contribution is 2.21. The zero-order valence-electron chi connectivity index (χ0n) is 11.5. The van der Waals surface area contributed by atoms with Gasteiger partial charge < -0.3 is 16.2 Å². The molecule has 4 N–H and O–H groups in total. The van der Waals surface area contributed by atoms with Gasteiger partial charge in [0.05, 0.1) is 18.3 Å². The minimum Gasteiger partial charge on any atom is -0.396 e. The van der Waals surface area contributed by atoms with Crippen molar-refractivity contribution in [3.63, 3.8) is 0 Å². The van der Waals surface area contributed by atoms with Gasteiger partial charge in [0.1, 0.15) is 5.82 Å². The van der Waals surface area contributed by atoms with Gasteiger partial charge in [-0.25, -0.2) is 4.39 Å². The molecule has 0 bridgehead atoms. The quantitative estimate of drug-likeness (QED) is 0.724. The average Bonchev–Trinajstić information content (AvgIpc) is 2.90. The molecular weight excluding hydrogens is 261 g/mol. The highest BCUT2D eigenvalue weighted by atomic mass is 19.1. The molecule has 0 saturated carbocycles. The molecule has 2 rings (SSSR count). The van der Waals surface area contributed by atoms with Crippen LogP contribution in [-0.4, -0.2) is 41.1 Å². The van der Waals surface area contributed by atoms with E-state index in [1.165, 1.54) is 18.2 Å². The number of nitrogens with two attached hydrogens (primary N) is 1. The number of hydrogen-bond acceptors (Lipinski definition) is 4. The molecule has 1 heterocycles. The number of benzene rings is 1. The van der Waals surface area contributed by atoms with Gasteiger partial charge in [0.15, 0.2) is 0 Å². The van der Waals surface area contributed by atoms with E-state index < -0.39 is 5.82 Å². The number of likely N-dealkylation sites (tertiary alicyclic amines) is 1. The SMILES string of the molecule is CC(C(=O)Nc1ccc(F)c(N)c1)N1CCCC1CO. The third-order valence-electron chi connectivity index (χ3n) is 3.77. The molecule has 1 saturated heterocycles. The number of aliphatic hydroxyl groups is 1. The van der Waals surface area contributed by atoms with Crippen molar-refractivity contribution in [1.82, 2.24) is 4.90 Å². The second-order valence-electron chi connectivity index (χ2n) is 5.12. The molecule has 2 atom stereocenters. The van der Waals surface area contributed by atoms with Crippen molar-refractivity contribution in [2.24, 2.45) is 0 Å². The minimum absolute atomic E-state index is 0.00450. The molecule has 110 valence electrons. The lowest BCUT2D eigenvalue weighted by Crippen LogP contribution is -2.45. The van der Waals surface area contributed by atoms with Crippen LogP contribution in [-0.2, 0) is 4.79 Å². The number of carbonyl (C=O) groups is 1. The van der Waals surface area contributed by atoms with Crippen molar-refractivity contribution < 1.29 is 14.3 Å². The Hall–Kier alpha value is -1.66. The lowest BCUT2D eigenvalue weighted by Gasteiger charge is -2.28. The molecule has 1 aromatic rings. The van der Waals surface area contributed by atoms with Crippen LogP contribution in [0.3, 0.4) is 0 Å². The summed E-state index contributed by atoms with van der Waals surface area (Å²) in [7, 11) is 0. The molecule has 20 heavy (non-hydrogen) atoms. The zero-order chi connectivity index (χ0) is 14.7. The zero-order valence-corrected chi connectivity index (χ0v) is 11.5. The average molecular weight is 281 g/mol. The lowest BCUT2D eigenvalue weighted by atomic mass is 10.2. The third-order valence-corrected chi connectivity index (χ3v) is 3.77. The number of carbonyl (C=O) groups excluding carboxylic acids is 1. The summed E-state index contributed by atoms with van der Waals surface area (Å²) in [4.78, 5) is 14.2. The minimum atomic E-state index is -0.504. The maximum atomic E-state index is 13.1. The van der Waals surface area contributed by atoms with Gasteiger partial charge in [-0.2, -0.15) is 0 Å². The van der Waals surface area contributed by atoms with E-state index in [9.17, 15) is 14.3 Å². The molecule has 1 aliphatic rings. The number of nitrogen functional groups attached to an aromatic ring is 1. The number of hydrogen-bond donors (Lipinski definition) is 3. The standard InChI is InChI=1S/C14H20FN3O2/c1-9(18-6-2-3-11(18)8-19)14(20)17-10-4-5-12(15)13(16)7-10/h4-5,7,9,11,19H,2-3,6,8,16H2,1H3,(H,17,20). The van der Waals surface area contributed by atoms with E-state index in [-0.39, 0.29) is 30.3 Å². The first-order valence-electron chi connectivity index (χ1n) is 6.75. The van der Waals surface area contributed by atoms with Gasteiger partial charge in [-0.3, -0.25) is 9.69 Å². The first-order chi connectivity index (χ1) is 9.52. The first kappa shape index (κ1) is 14.7. The smallest absolute Gasteiger partial charge is 0.241 e. The summed E-state index contributed by atoms with van der Waals surface area (Å²) in [6, 6.07) is 3.79. The van der Waals surface area contributed by atoms with Crippen LogP contribution < -0.4 is 11.1 Å². The molecule has 0 radical (unpaired) electrons. The van der Waals surface area contributed by atoms with Crippen molar-refractivity contribution in [2.75, 3.05) is 24.2 Å². The second-order valence-corrected chi connectivity index (χ2v) is 5.12. The van der Waals surface area contributed by atoms with E-state index in [1.807, 2.05) is 4.90 Å². The Kier molecular flexibility index (Phi) is 4.57. The molecule has 5 nitrogen and oxygen atoms in total. The number of aliphatic hydroxyl groups excluding tert-OH is 1. The Morgan fingerprint density at radius 2 is 2.40 bits per heavy atom. The van der Waals surface area contributed by atoms with E-state index in [0.29, 0.717) is 5.69 Å². The largest absolute Gasteiger partial charge is 0.396 e. The van der Waals surface area contributed by atoms with Crippen molar-refractivity contribution in [2.45, 2.75) is 31.8 Å². The highest BCUT2D eigenvalue weighted by molar-refractivity contribution is 5.95. The van der Waals surface area contributed by atoms with Crippen LogP contribution in [0.2, 0.25) is 0 Å². The molecule has 1 fully saturated rings. The van der Waals surface area contributed by atoms with Gasteiger partial charge >= 0.3 is 0 Å². The maximum Gasteiger partial charge on any atom is 0.241 e. The molecule has 6 heteroatoms. The van der Waals surface area contributed by atoms with Crippen LogP contribution in [0, 0.1) is 5.82 Å². The first-order valence-corrected chi connectivity index (χ1v) is 6.75. The number of rotatable bonds is 4. The van der Waals surface area contributed by atoms with Gasteiger partial charge in [0.2, 0.25) is 5.91 Å². The summed E-state index contributed by atoms with van der Waals surface area (Å²) < 4.78 is 13.1. The fraction of sp³-hybridized carbons (Fsp3) is 0.500.